The number of carboxylic acid groups (broad SMARTS) is 1. The normalized spacial score (nSPS) is 14.0. The third-order valence-corrected chi connectivity index (χ3v) is 7.86. The largest absolute Gasteiger partial charge is 0.478 e. The number of pyridine rings is 1. The number of carbonyl (C=O) groups is 3. The molecule has 9 heteroatoms. The summed E-state index contributed by atoms with van der Waals surface area (Å²) in [4.78, 5) is 41.9. The van der Waals surface area contributed by atoms with E-state index in [0.29, 0.717) is 28.6 Å². The van der Waals surface area contributed by atoms with Crippen molar-refractivity contribution in [1.29, 1.82) is 0 Å². The van der Waals surface area contributed by atoms with E-state index in [1.807, 2.05) is 37.4 Å². The molecule has 0 aliphatic heterocycles. The van der Waals surface area contributed by atoms with E-state index >= 15 is 0 Å². The van der Waals surface area contributed by atoms with Gasteiger partial charge in [0.15, 0.2) is 0 Å². The quantitative estimate of drug-likeness (QED) is 0.201. The molecular weight excluding hydrogens is 530 g/mol. The van der Waals surface area contributed by atoms with Crippen LogP contribution in [-0.4, -0.2) is 38.0 Å². The molecule has 1 fully saturated rings. The van der Waals surface area contributed by atoms with Crippen molar-refractivity contribution in [1.82, 2.24) is 14.9 Å². The van der Waals surface area contributed by atoms with E-state index in [1.54, 1.807) is 44.2 Å². The first-order chi connectivity index (χ1) is 20.0. The first kappa shape index (κ1) is 28.6. The summed E-state index contributed by atoms with van der Waals surface area (Å²) in [5.41, 5.74) is 10.5. The molecule has 1 saturated carbocycles. The van der Waals surface area contributed by atoms with Crippen LogP contribution in [0.5, 0.6) is 0 Å². The van der Waals surface area contributed by atoms with E-state index in [-0.39, 0.29) is 11.8 Å². The number of aliphatic carboxylic acids is 1. The van der Waals surface area contributed by atoms with Gasteiger partial charge in [-0.25, -0.2) is 9.78 Å². The van der Waals surface area contributed by atoms with Crippen LogP contribution in [0.2, 0.25) is 0 Å². The van der Waals surface area contributed by atoms with Gasteiger partial charge in [-0.3, -0.25) is 9.59 Å². The molecular formula is C33H35N5O4. The van der Waals surface area contributed by atoms with Gasteiger partial charge in [-0.05, 0) is 86.2 Å². The van der Waals surface area contributed by atoms with Crippen LogP contribution in [0, 0.1) is 0 Å². The zero-order valence-corrected chi connectivity index (χ0v) is 24.0. The lowest BCUT2D eigenvalue weighted by Crippen LogP contribution is -2.52. The number of nitrogen functional groups attached to an aromatic ring is 1. The maximum Gasteiger partial charge on any atom is 0.328 e. The van der Waals surface area contributed by atoms with E-state index in [1.165, 1.54) is 24.5 Å². The highest BCUT2D eigenvalue weighted by Crippen LogP contribution is 2.44. The molecule has 2 aromatic heterocycles. The highest BCUT2D eigenvalue weighted by molar-refractivity contribution is 6.05. The van der Waals surface area contributed by atoms with Crippen LogP contribution in [-0.2, 0) is 16.6 Å². The van der Waals surface area contributed by atoms with Crippen LogP contribution >= 0.6 is 0 Å². The Hall–Kier alpha value is -4.92. The number of nitrogens with zero attached hydrogens (tertiary/aromatic N) is 2. The van der Waals surface area contributed by atoms with E-state index in [0.717, 1.165) is 41.2 Å². The number of aromatic nitrogens is 2. The number of carbonyl (C=O) groups excluding carboxylic acids is 2. The predicted molar refractivity (Wildman–Crippen MR) is 165 cm³/mol. The van der Waals surface area contributed by atoms with Crippen molar-refractivity contribution < 1.29 is 19.5 Å². The molecule has 42 heavy (non-hydrogen) atoms. The van der Waals surface area contributed by atoms with Gasteiger partial charge in [0.1, 0.15) is 11.4 Å². The number of rotatable bonds is 8. The van der Waals surface area contributed by atoms with E-state index < -0.39 is 11.5 Å². The fourth-order valence-corrected chi connectivity index (χ4v) is 5.67. The molecule has 2 aromatic carbocycles. The van der Waals surface area contributed by atoms with Crippen LogP contribution in [0.3, 0.4) is 0 Å². The summed E-state index contributed by atoms with van der Waals surface area (Å²) >= 11 is 0. The average Bonchev–Trinajstić information content (AvgIpc) is 3.58. The first-order valence-electron chi connectivity index (χ1n) is 14.0. The monoisotopic (exact) mass is 565 g/mol. The maximum absolute atomic E-state index is 13.4. The zero-order chi connectivity index (χ0) is 30.0. The number of hydrogen-bond acceptors (Lipinski definition) is 5. The Morgan fingerprint density at radius 2 is 1.76 bits per heavy atom. The summed E-state index contributed by atoms with van der Waals surface area (Å²) in [7, 11) is 1.99. The minimum absolute atomic E-state index is 0.363. The number of anilines is 2. The Morgan fingerprint density at radius 1 is 1.05 bits per heavy atom. The lowest BCUT2D eigenvalue weighted by molar-refractivity contribution is -0.131. The van der Waals surface area contributed by atoms with Crippen molar-refractivity contribution in [3.05, 3.63) is 83.4 Å². The zero-order valence-electron chi connectivity index (χ0n) is 24.0. The number of amides is 2. The van der Waals surface area contributed by atoms with Gasteiger partial charge in [0.2, 0.25) is 5.91 Å². The lowest BCUT2D eigenvalue weighted by atomic mass is 9.93. The van der Waals surface area contributed by atoms with Crippen molar-refractivity contribution >= 4 is 46.3 Å². The number of nitrogens with two attached hydrogens (primary N) is 1. The van der Waals surface area contributed by atoms with Crippen LogP contribution in [0.1, 0.15) is 66.9 Å². The molecule has 1 aliphatic carbocycles. The number of hydrogen-bond donors (Lipinski definition) is 4. The third-order valence-electron chi connectivity index (χ3n) is 7.86. The Kier molecular flexibility index (Phi) is 7.85. The smallest absolute Gasteiger partial charge is 0.328 e. The number of aryl methyl sites for hydroxylation is 1. The summed E-state index contributed by atoms with van der Waals surface area (Å²) in [5, 5.41) is 15.6. The third kappa shape index (κ3) is 5.90. The molecule has 0 radical (unpaired) electrons. The van der Waals surface area contributed by atoms with Gasteiger partial charge < -0.3 is 26.0 Å². The van der Waals surface area contributed by atoms with E-state index in [9.17, 15) is 14.4 Å². The van der Waals surface area contributed by atoms with Crippen LogP contribution in [0.25, 0.3) is 28.4 Å². The Morgan fingerprint density at radius 3 is 2.43 bits per heavy atom. The summed E-state index contributed by atoms with van der Waals surface area (Å²) in [6.45, 7) is 3.29. The van der Waals surface area contributed by atoms with Crippen LogP contribution in [0.15, 0.2) is 66.7 Å². The molecule has 2 amide bonds. The Labute approximate surface area is 244 Å². The summed E-state index contributed by atoms with van der Waals surface area (Å²) in [6.07, 6.45) is 7.11. The fourth-order valence-electron chi connectivity index (χ4n) is 5.67. The number of carboxylic acids is 1. The standard InChI is InChI=1S/C33H35N5O4/c1-33(2,32(42)35-23-15-11-20(12-16-23)13-18-28(39)40)37-31(41)22-14-17-24-26(19-22)38(3)30(25-9-6-10-27(34)36-25)29(24)21-7-4-5-8-21/h6,9-19,21H,4-5,7-8H2,1-3H3,(H2,34,36)(H,35,42)(H,37,41)(H,39,40)/b18-13+. The topological polar surface area (TPSA) is 139 Å². The number of nitrogens with one attached hydrogen (secondary N) is 2. The van der Waals surface area contributed by atoms with Crippen molar-refractivity contribution in [3.8, 4) is 11.4 Å². The second-order valence-corrected chi connectivity index (χ2v) is 11.3. The summed E-state index contributed by atoms with van der Waals surface area (Å²) < 4.78 is 2.09. The Bertz CT molecular complexity index is 1700. The maximum atomic E-state index is 13.4. The minimum Gasteiger partial charge on any atom is -0.478 e. The molecule has 5 rings (SSSR count). The van der Waals surface area contributed by atoms with Crippen LogP contribution in [0.4, 0.5) is 11.5 Å². The van der Waals surface area contributed by atoms with Crippen molar-refractivity contribution in [2.45, 2.75) is 51.0 Å². The van der Waals surface area contributed by atoms with Crippen LogP contribution < -0.4 is 16.4 Å². The van der Waals surface area contributed by atoms with Gasteiger partial charge in [0.05, 0.1) is 11.4 Å². The molecule has 216 valence electrons. The van der Waals surface area contributed by atoms with Crippen molar-refractivity contribution in [2.24, 2.45) is 7.05 Å². The SMILES string of the molecule is Cn1c(-c2cccc(N)n2)c(C2CCCC2)c2ccc(C(=O)NC(C)(C)C(=O)Nc3ccc(/C=C/C(=O)O)cc3)cc21. The number of fused-ring (bicyclic) bond motifs is 1. The fraction of sp³-hybridized carbons (Fsp3) is 0.273. The summed E-state index contributed by atoms with van der Waals surface area (Å²) in [5.74, 6) is -0.913. The lowest BCUT2D eigenvalue weighted by Gasteiger charge is -2.25. The van der Waals surface area contributed by atoms with Gasteiger partial charge >= 0.3 is 5.97 Å². The van der Waals surface area contributed by atoms with E-state index in [4.69, 9.17) is 10.8 Å². The Balaban J connectivity index is 1.39. The second kappa shape index (κ2) is 11.5. The van der Waals surface area contributed by atoms with Gasteiger partial charge in [-0.15, -0.1) is 0 Å². The molecule has 0 atom stereocenters. The highest BCUT2D eigenvalue weighted by atomic mass is 16.4. The predicted octanol–water partition coefficient (Wildman–Crippen LogP) is 5.73. The average molecular weight is 566 g/mol. The molecule has 1 aliphatic rings. The van der Waals surface area contributed by atoms with E-state index in [2.05, 4.69) is 20.2 Å². The summed E-state index contributed by atoms with van der Waals surface area (Å²) in [6, 6.07) is 18.1. The molecule has 5 N–H and O–H groups in total. The second-order valence-electron chi connectivity index (χ2n) is 11.3. The first-order valence-corrected chi connectivity index (χ1v) is 14.0. The molecule has 0 unspecified atom stereocenters. The molecule has 4 aromatic rings. The molecule has 9 nitrogen and oxygen atoms in total. The van der Waals surface area contributed by atoms with Gasteiger partial charge in [0, 0.05) is 35.3 Å². The number of benzene rings is 2. The molecule has 2 heterocycles. The molecule has 0 spiro atoms. The molecule has 0 saturated heterocycles. The van der Waals surface area contributed by atoms with Gasteiger partial charge in [-0.1, -0.05) is 37.1 Å². The van der Waals surface area contributed by atoms with Gasteiger partial charge in [0.25, 0.3) is 5.91 Å². The highest BCUT2D eigenvalue weighted by Gasteiger charge is 2.31. The molecule has 0 bridgehead atoms. The van der Waals surface area contributed by atoms with Gasteiger partial charge in [-0.2, -0.15) is 0 Å². The van der Waals surface area contributed by atoms with Crippen molar-refractivity contribution in [3.63, 3.8) is 0 Å². The minimum atomic E-state index is -1.21. The van der Waals surface area contributed by atoms with Crippen molar-refractivity contribution in [2.75, 3.05) is 11.1 Å².